The van der Waals surface area contributed by atoms with Crippen molar-refractivity contribution in [3.63, 3.8) is 0 Å². The molecule has 0 bridgehead atoms. The molecule has 0 aromatic rings. The summed E-state index contributed by atoms with van der Waals surface area (Å²) in [7, 11) is 1.68. The molecule has 0 radical (unpaired) electrons. The summed E-state index contributed by atoms with van der Waals surface area (Å²) < 4.78 is 0. The molecule has 1 unspecified atom stereocenters. The van der Waals surface area contributed by atoms with Crippen molar-refractivity contribution in [2.75, 3.05) is 33.2 Å². The lowest BCUT2D eigenvalue weighted by Crippen LogP contribution is -2.57. The van der Waals surface area contributed by atoms with Crippen molar-refractivity contribution in [3.05, 3.63) is 0 Å². The number of rotatable bonds is 5. The van der Waals surface area contributed by atoms with Crippen LogP contribution in [0.2, 0.25) is 0 Å². The number of hydrogen-bond donors (Lipinski definition) is 2. The highest BCUT2D eigenvalue weighted by Gasteiger charge is 2.32. The van der Waals surface area contributed by atoms with Crippen molar-refractivity contribution in [1.29, 1.82) is 0 Å². The van der Waals surface area contributed by atoms with Gasteiger partial charge in [-0.25, -0.2) is 0 Å². The van der Waals surface area contributed by atoms with Gasteiger partial charge in [-0.3, -0.25) is 19.3 Å². The Balaban J connectivity index is 2.67. The van der Waals surface area contributed by atoms with E-state index in [-0.39, 0.29) is 24.8 Å². The second-order valence-electron chi connectivity index (χ2n) is 4.28. The summed E-state index contributed by atoms with van der Waals surface area (Å²) in [6, 6.07) is -0.759. The highest BCUT2D eigenvalue weighted by Crippen LogP contribution is 2.09. The predicted molar refractivity (Wildman–Crippen MR) is 63.9 cm³/mol. The minimum Gasteiger partial charge on any atom is -0.481 e. The number of likely N-dealkylation sites (N-methyl/N-ethyl adjacent to an activating group) is 1. The zero-order valence-corrected chi connectivity index (χ0v) is 10.7. The topological polar surface area (TPSA) is 90.0 Å². The van der Waals surface area contributed by atoms with E-state index in [1.807, 2.05) is 6.92 Å². The fraction of sp³-hybridized carbons (Fsp3) is 0.727. The van der Waals surface area contributed by atoms with Gasteiger partial charge >= 0.3 is 5.97 Å². The lowest BCUT2D eigenvalue weighted by molar-refractivity contribution is -0.145. The molecule has 2 N–H and O–H groups in total. The molecule has 1 atom stereocenters. The standard InChI is InChI=1S/C11H19N3O4/c1-3-13(2)9(15)7-14-5-4-12-11(18)8(14)6-10(16)17/h8H,3-7H2,1-2H3,(H,12,18)(H,16,17). The van der Waals surface area contributed by atoms with E-state index in [0.29, 0.717) is 19.6 Å². The minimum absolute atomic E-state index is 0.0791. The van der Waals surface area contributed by atoms with Crippen LogP contribution in [0, 0.1) is 0 Å². The normalized spacial score (nSPS) is 20.3. The van der Waals surface area contributed by atoms with Crippen molar-refractivity contribution in [1.82, 2.24) is 15.1 Å². The smallest absolute Gasteiger partial charge is 0.305 e. The average Bonchev–Trinajstić information content (AvgIpc) is 2.32. The second-order valence-corrected chi connectivity index (χ2v) is 4.28. The summed E-state index contributed by atoms with van der Waals surface area (Å²) in [5.74, 6) is -1.48. The first-order valence-electron chi connectivity index (χ1n) is 5.93. The largest absolute Gasteiger partial charge is 0.481 e. The third-order valence-corrected chi connectivity index (χ3v) is 3.05. The Labute approximate surface area is 106 Å². The monoisotopic (exact) mass is 257 g/mol. The Morgan fingerprint density at radius 3 is 2.78 bits per heavy atom. The Bertz CT molecular complexity index is 345. The van der Waals surface area contributed by atoms with Gasteiger partial charge in [0.25, 0.3) is 0 Å². The quantitative estimate of drug-likeness (QED) is 0.641. The molecule has 102 valence electrons. The van der Waals surface area contributed by atoms with Crippen LogP contribution in [-0.2, 0) is 14.4 Å². The fourth-order valence-corrected chi connectivity index (χ4v) is 1.81. The molecular formula is C11H19N3O4. The van der Waals surface area contributed by atoms with Gasteiger partial charge in [-0.2, -0.15) is 0 Å². The molecule has 7 nitrogen and oxygen atoms in total. The van der Waals surface area contributed by atoms with E-state index in [2.05, 4.69) is 5.32 Å². The minimum atomic E-state index is -1.04. The van der Waals surface area contributed by atoms with Crippen LogP contribution in [-0.4, -0.2) is 72.0 Å². The molecule has 2 amide bonds. The summed E-state index contributed by atoms with van der Waals surface area (Å²) in [6.07, 6.45) is -0.283. The Hall–Kier alpha value is -1.63. The van der Waals surface area contributed by atoms with Crippen LogP contribution in [0.25, 0.3) is 0 Å². The highest BCUT2D eigenvalue weighted by atomic mass is 16.4. The Morgan fingerprint density at radius 1 is 1.56 bits per heavy atom. The maximum atomic E-state index is 11.8. The number of carbonyl (C=O) groups excluding carboxylic acids is 2. The van der Waals surface area contributed by atoms with E-state index >= 15 is 0 Å². The third kappa shape index (κ3) is 3.69. The maximum Gasteiger partial charge on any atom is 0.305 e. The van der Waals surface area contributed by atoms with Crippen LogP contribution >= 0.6 is 0 Å². The molecule has 1 saturated heterocycles. The molecule has 1 rings (SSSR count). The van der Waals surface area contributed by atoms with Crippen LogP contribution in [0.3, 0.4) is 0 Å². The lowest BCUT2D eigenvalue weighted by atomic mass is 10.1. The summed E-state index contributed by atoms with van der Waals surface area (Å²) in [6.45, 7) is 3.46. The second kappa shape index (κ2) is 6.34. The number of carboxylic acid groups (broad SMARTS) is 1. The summed E-state index contributed by atoms with van der Waals surface area (Å²) in [5, 5.41) is 11.4. The Morgan fingerprint density at radius 2 is 2.22 bits per heavy atom. The van der Waals surface area contributed by atoms with Crippen LogP contribution in [0.15, 0.2) is 0 Å². The molecule has 7 heteroatoms. The van der Waals surface area contributed by atoms with Crippen LogP contribution in [0.4, 0.5) is 0 Å². The van der Waals surface area contributed by atoms with Gasteiger partial charge < -0.3 is 15.3 Å². The number of amides is 2. The van der Waals surface area contributed by atoms with Crippen molar-refractivity contribution in [3.8, 4) is 0 Å². The number of nitrogens with zero attached hydrogens (tertiary/aromatic N) is 2. The molecule has 0 saturated carbocycles. The fourth-order valence-electron chi connectivity index (χ4n) is 1.81. The third-order valence-electron chi connectivity index (χ3n) is 3.05. The van der Waals surface area contributed by atoms with Gasteiger partial charge in [0.2, 0.25) is 11.8 Å². The van der Waals surface area contributed by atoms with E-state index in [1.165, 1.54) is 0 Å². The zero-order chi connectivity index (χ0) is 13.7. The van der Waals surface area contributed by atoms with Crippen molar-refractivity contribution in [2.45, 2.75) is 19.4 Å². The molecule has 1 fully saturated rings. The number of carboxylic acids is 1. The first kappa shape index (κ1) is 14.4. The van der Waals surface area contributed by atoms with Crippen LogP contribution < -0.4 is 5.32 Å². The van der Waals surface area contributed by atoms with Gasteiger partial charge in [0.05, 0.1) is 13.0 Å². The first-order chi connectivity index (χ1) is 8.45. The van der Waals surface area contributed by atoms with E-state index in [1.54, 1.807) is 16.8 Å². The van der Waals surface area contributed by atoms with Crippen molar-refractivity contribution in [2.24, 2.45) is 0 Å². The van der Waals surface area contributed by atoms with Gasteiger partial charge in [-0.05, 0) is 6.92 Å². The lowest BCUT2D eigenvalue weighted by Gasteiger charge is -2.34. The number of hydrogen-bond acceptors (Lipinski definition) is 4. The van der Waals surface area contributed by atoms with E-state index < -0.39 is 12.0 Å². The van der Waals surface area contributed by atoms with Gasteiger partial charge in [0, 0.05) is 26.7 Å². The van der Waals surface area contributed by atoms with Gasteiger partial charge in [-0.1, -0.05) is 0 Å². The number of nitrogens with one attached hydrogen (secondary N) is 1. The van der Waals surface area contributed by atoms with Gasteiger partial charge in [0.15, 0.2) is 0 Å². The zero-order valence-electron chi connectivity index (χ0n) is 10.7. The van der Waals surface area contributed by atoms with Gasteiger partial charge in [0.1, 0.15) is 6.04 Å². The average molecular weight is 257 g/mol. The summed E-state index contributed by atoms with van der Waals surface area (Å²) in [4.78, 5) is 37.3. The molecule has 0 aromatic heterocycles. The van der Waals surface area contributed by atoms with E-state index in [9.17, 15) is 14.4 Å². The summed E-state index contributed by atoms with van der Waals surface area (Å²) in [5.41, 5.74) is 0. The molecule has 0 spiro atoms. The Kier molecular flexibility index (Phi) is 5.08. The van der Waals surface area contributed by atoms with Crippen molar-refractivity contribution >= 4 is 17.8 Å². The summed E-state index contributed by atoms with van der Waals surface area (Å²) >= 11 is 0. The van der Waals surface area contributed by atoms with Crippen LogP contribution in [0.5, 0.6) is 0 Å². The molecule has 0 aliphatic carbocycles. The van der Waals surface area contributed by atoms with E-state index in [4.69, 9.17) is 5.11 Å². The van der Waals surface area contributed by atoms with E-state index in [0.717, 1.165) is 0 Å². The molecule has 0 aromatic carbocycles. The SMILES string of the molecule is CCN(C)C(=O)CN1CCNC(=O)C1CC(=O)O. The van der Waals surface area contributed by atoms with Crippen molar-refractivity contribution < 1.29 is 19.5 Å². The predicted octanol–water partition coefficient (Wildman–Crippen LogP) is -1.26. The highest BCUT2D eigenvalue weighted by molar-refractivity contribution is 5.87. The van der Waals surface area contributed by atoms with Gasteiger partial charge in [-0.15, -0.1) is 0 Å². The first-order valence-corrected chi connectivity index (χ1v) is 5.93. The molecule has 18 heavy (non-hydrogen) atoms. The number of carbonyl (C=O) groups is 3. The number of aliphatic carboxylic acids is 1. The maximum absolute atomic E-state index is 11.8. The van der Waals surface area contributed by atoms with Crippen LogP contribution in [0.1, 0.15) is 13.3 Å². The molecule has 1 heterocycles. The number of piperazine rings is 1. The molecule has 1 aliphatic rings. The molecular weight excluding hydrogens is 238 g/mol. The molecule has 1 aliphatic heterocycles.